The van der Waals surface area contributed by atoms with Crippen LogP contribution in [-0.4, -0.2) is 51.5 Å². The lowest BCUT2D eigenvalue weighted by atomic mass is 9.88. The number of rotatable bonds is 3. The molecule has 5 heteroatoms. The van der Waals surface area contributed by atoms with Gasteiger partial charge in [0.05, 0.1) is 13.7 Å². The molecule has 0 spiro atoms. The second-order valence-corrected chi connectivity index (χ2v) is 3.78. The highest BCUT2D eigenvalue weighted by Gasteiger charge is 2.39. The van der Waals surface area contributed by atoms with Gasteiger partial charge in [0.2, 0.25) is 0 Å². The molecule has 1 unspecified atom stereocenters. The molecule has 0 aromatic rings. The van der Waals surface area contributed by atoms with E-state index in [9.17, 15) is 4.79 Å². The van der Waals surface area contributed by atoms with Crippen LogP contribution in [0, 0.1) is 5.41 Å². The first-order valence-electron chi connectivity index (χ1n) is 4.69. The predicted molar refractivity (Wildman–Crippen MR) is 52.0 cm³/mol. The van der Waals surface area contributed by atoms with Crippen LogP contribution in [0.2, 0.25) is 0 Å². The van der Waals surface area contributed by atoms with Crippen LogP contribution in [0.5, 0.6) is 0 Å². The van der Waals surface area contributed by atoms with Crippen molar-refractivity contribution in [2.75, 3.05) is 40.5 Å². The van der Waals surface area contributed by atoms with Crippen LogP contribution in [0.25, 0.3) is 0 Å². The Kier molecular flexibility index (Phi) is 3.71. The summed E-state index contributed by atoms with van der Waals surface area (Å²) in [6.45, 7) is 2.46. The van der Waals surface area contributed by atoms with Crippen molar-refractivity contribution in [1.29, 1.82) is 0 Å². The number of amides is 1. The maximum Gasteiger partial charge on any atom is 0.409 e. The minimum Gasteiger partial charge on any atom is -0.453 e. The number of hydrogen-bond acceptors (Lipinski definition) is 4. The van der Waals surface area contributed by atoms with Crippen LogP contribution in [0.3, 0.4) is 0 Å². The molecule has 82 valence electrons. The van der Waals surface area contributed by atoms with Crippen molar-refractivity contribution in [3.63, 3.8) is 0 Å². The summed E-state index contributed by atoms with van der Waals surface area (Å²) in [7, 11) is 3.04. The van der Waals surface area contributed by atoms with E-state index in [-0.39, 0.29) is 11.5 Å². The summed E-state index contributed by atoms with van der Waals surface area (Å²) < 4.78 is 9.78. The van der Waals surface area contributed by atoms with Crippen molar-refractivity contribution < 1.29 is 14.3 Å². The van der Waals surface area contributed by atoms with E-state index in [1.165, 1.54) is 7.11 Å². The molecule has 1 fully saturated rings. The molecule has 1 aliphatic heterocycles. The Morgan fingerprint density at radius 1 is 1.57 bits per heavy atom. The number of nitrogens with two attached hydrogens (primary N) is 1. The fourth-order valence-electron chi connectivity index (χ4n) is 1.87. The molecule has 0 radical (unpaired) electrons. The van der Waals surface area contributed by atoms with Gasteiger partial charge in [0.15, 0.2) is 0 Å². The maximum absolute atomic E-state index is 11.2. The molecule has 1 amide bonds. The molecule has 1 heterocycles. The summed E-state index contributed by atoms with van der Waals surface area (Å²) in [5, 5.41) is 0. The van der Waals surface area contributed by atoms with Crippen LogP contribution in [0.1, 0.15) is 6.42 Å². The van der Waals surface area contributed by atoms with Gasteiger partial charge in [-0.3, -0.25) is 0 Å². The fourth-order valence-corrected chi connectivity index (χ4v) is 1.87. The third-order valence-corrected chi connectivity index (χ3v) is 2.75. The Labute approximate surface area is 84.1 Å². The number of hydrogen-bond donors (Lipinski definition) is 1. The highest BCUT2D eigenvalue weighted by atomic mass is 16.5. The van der Waals surface area contributed by atoms with Gasteiger partial charge in [0.25, 0.3) is 0 Å². The van der Waals surface area contributed by atoms with Gasteiger partial charge < -0.3 is 20.1 Å². The van der Waals surface area contributed by atoms with E-state index in [2.05, 4.69) is 4.74 Å². The number of nitrogens with zero attached hydrogens (tertiary/aromatic N) is 1. The number of ether oxygens (including phenoxy) is 2. The van der Waals surface area contributed by atoms with Crippen molar-refractivity contribution in [3.05, 3.63) is 0 Å². The van der Waals surface area contributed by atoms with Crippen molar-refractivity contribution in [3.8, 4) is 0 Å². The van der Waals surface area contributed by atoms with Crippen LogP contribution in [0.4, 0.5) is 4.79 Å². The molecule has 2 N–H and O–H groups in total. The molecule has 1 saturated heterocycles. The number of carbonyl (C=O) groups is 1. The van der Waals surface area contributed by atoms with Crippen molar-refractivity contribution in [1.82, 2.24) is 4.90 Å². The van der Waals surface area contributed by atoms with Crippen LogP contribution in [0.15, 0.2) is 0 Å². The van der Waals surface area contributed by atoms with Gasteiger partial charge in [-0.15, -0.1) is 0 Å². The summed E-state index contributed by atoms with van der Waals surface area (Å²) in [6.07, 6.45) is 0.600. The summed E-state index contributed by atoms with van der Waals surface area (Å²) in [5.74, 6) is 0. The first-order valence-corrected chi connectivity index (χ1v) is 4.69. The SMILES string of the molecule is COCC1(CN)CCN(C(=O)OC)C1. The van der Waals surface area contributed by atoms with E-state index in [0.717, 1.165) is 6.42 Å². The minimum absolute atomic E-state index is 0.0804. The molecule has 1 atom stereocenters. The van der Waals surface area contributed by atoms with Gasteiger partial charge in [-0.2, -0.15) is 0 Å². The first-order chi connectivity index (χ1) is 6.67. The van der Waals surface area contributed by atoms with Crippen molar-refractivity contribution in [2.45, 2.75) is 6.42 Å². The summed E-state index contributed by atoms with van der Waals surface area (Å²) in [4.78, 5) is 12.9. The number of methoxy groups -OCH3 is 2. The lowest BCUT2D eigenvalue weighted by Gasteiger charge is -2.26. The second-order valence-electron chi connectivity index (χ2n) is 3.78. The van der Waals surface area contributed by atoms with Gasteiger partial charge in [0.1, 0.15) is 0 Å². The lowest BCUT2D eigenvalue weighted by molar-refractivity contribution is 0.0840. The summed E-state index contributed by atoms with van der Waals surface area (Å²) >= 11 is 0. The molecular weight excluding hydrogens is 184 g/mol. The van der Waals surface area contributed by atoms with Crippen molar-refractivity contribution >= 4 is 6.09 Å². The van der Waals surface area contributed by atoms with Crippen LogP contribution >= 0.6 is 0 Å². The molecule has 0 aromatic heterocycles. The Morgan fingerprint density at radius 3 is 2.79 bits per heavy atom. The summed E-state index contributed by atoms with van der Waals surface area (Å²) in [5.41, 5.74) is 5.62. The topological polar surface area (TPSA) is 64.8 Å². The monoisotopic (exact) mass is 202 g/mol. The normalized spacial score (nSPS) is 26.6. The minimum atomic E-state index is -0.281. The standard InChI is InChI=1S/C9H18N2O3/c1-13-7-9(5-10)3-4-11(6-9)8(12)14-2/h3-7,10H2,1-2H3. The average molecular weight is 202 g/mol. The second kappa shape index (κ2) is 4.61. The van der Waals surface area contributed by atoms with Gasteiger partial charge in [-0.1, -0.05) is 0 Å². The summed E-state index contributed by atoms with van der Waals surface area (Å²) in [6, 6.07) is 0. The largest absolute Gasteiger partial charge is 0.453 e. The van der Waals surface area contributed by atoms with Gasteiger partial charge in [0, 0.05) is 32.2 Å². The highest BCUT2D eigenvalue weighted by Crippen LogP contribution is 2.29. The number of carbonyl (C=O) groups excluding carboxylic acids is 1. The molecule has 0 bridgehead atoms. The predicted octanol–water partition coefficient (Wildman–Crippen LogP) is 0.0500. The Hall–Kier alpha value is -0.810. The van der Waals surface area contributed by atoms with Crippen LogP contribution < -0.4 is 5.73 Å². The number of likely N-dealkylation sites (tertiary alicyclic amines) is 1. The lowest BCUT2D eigenvalue weighted by Crippen LogP contribution is -2.39. The molecule has 1 aliphatic rings. The molecule has 14 heavy (non-hydrogen) atoms. The average Bonchev–Trinajstić information content (AvgIpc) is 2.62. The van der Waals surface area contributed by atoms with E-state index in [1.807, 2.05) is 0 Å². The maximum atomic E-state index is 11.2. The molecule has 5 nitrogen and oxygen atoms in total. The zero-order chi connectivity index (χ0) is 10.6. The third kappa shape index (κ3) is 2.16. The Bertz CT molecular complexity index is 210. The zero-order valence-corrected chi connectivity index (χ0v) is 8.78. The van der Waals surface area contributed by atoms with E-state index in [0.29, 0.717) is 26.2 Å². The van der Waals surface area contributed by atoms with E-state index < -0.39 is 0 Å². The Morgan fingerprint density at radius 2 is 2.29 bits per heavy atom. The highest BCUT2D eigenvalue weighted by molar-refractivity contribution is 5.67. The molecule has 0 aromatic carbocycles. The molecular formula is C9H18N2O3. The molecule has 1 rings (SSSR count). The van der Waals surface area contributed by atoms with E-state index in [4.69, 9.17) is 10.5 Å². The Balaban J connectivity index is 2.56. The molecule has 0 aliphatic carbocycles. The van der Waals surface area contributed by atoms with E-state index in [1.54, 1.807) is 12.0 Å². The quantitative estimate of drug-likeness (QED) is 0.702. The van der Waals surface area contributed by atoms with Crippen molar-refractivity contribution in [2.24, 2.45) is 11.1 Å². The van der Waals surface area contributed by atoms with Gasteiger partial charge in [-0.25, -0.2) is 4.79 Å². The van der Waals surface area contributed by atoms with Crippen LogP contribution in [-0.2, 0) is 9.47 Å². The zero-order valence-electron chi connectivity index (χ0n) is 8.78. The van der Waals surface area contributed by atoms with E-state index >= 15 is 0 Å². The third-order valence-electron chi connectivity index (χ3n) is 2.75. The smallest absolute Gasteiger partial charge is 0.409 e. The molecule has 0 saturated carbocycles. The fraction of sp³-hybridized carbons (Fsp3) is 0.889. The first kappa shape index (κ1) is 11.3. The van der Waals surface area contributed by atoms with Gasteiger partial charge >= 0.3 is 6.09 Å². The van der Waals surface area contributed by atoms with Gasteiger partial charge in [-0.05, 0) is 6.42 Å².